The van der Waals surface area contributed by atoms with Crippen molar-refractivity contribution in [3.05, 3.63) is 34.9 Å². The average molecular weight is 243 g/mol. The smallest absolute Gasteiger partial charge is 0.0205 e. The van der Waals surface area contributed by atoms with Gasteiger partial charge in [0, 0.05) is 13.1 Å². The molecule has 0 radical (unpaired) electrons. The lowest BCUT2D eigenvalue weighted by Gasteiger charge is -2.23. The maximum Gasteiger partial charge on any atom is 0.0205 e. The van der Waals surface area contributed by atoms with E-state index in [0.29, 0.717) is 5.41 Å². The van der Waals surface area contributed by atoms with Crippen LogP contribution in [0.25, 0.3) is 0 Å². The number of hydrogen-bond donors (Lipinski definition) is 1. The SMILES string of the molecule is CC1(CNCc2ccc3c(c2)CCC3)CCCC1. The zero-order valence-electron chi connectivity index (χ0n) is 11.6. The van der Waals surface area contributed by atoms with Crippen molar-refractivity contribution < 1.29 is 0 Å². The largest absolute Gasteiger partial charge is 0.312 e. The molecule has 1 aromatic carbocycles. The van der Waals surface area contributed by atoms with Gasteiger partial charge in [0.15, 0.2) is 0 Å². The van der Waals surface area contributed by atoms with E-state index in [9.17, 15) is 0 Å². The van der Waals surface area contributed by atoms with Gasteiger partial charge in [0.2, 0.25) is 0 Å². The number of fused-ring (bicyclic) bond motifs is 1. The first-order valence-corrected chi connectivity index (χ1v) is 7.57. The summed E-state index contributed by atoms with van der Waals surface area (Å²) in [6, 6.07) is 7.08. The van der Waals surface area contributed by atoms with Crippen LogP contribution in [0.1, 0.15) is 55.7 Å². The Balaban J connectivity index is 1.54. The van der Waals surface area contributed by atoms with Gasteiger partial charge in [-0.15, -0.1) is 0 Å². The molecule has 2 aliphatic rings. The van der Waals surface area contributed by atoms with E-state index in [1.54, 1.807) is 11.1 Å². The predicted molar refractivity (Wildman–Crippen MR) is 76.7 cm³/mol. The van der Waals surface area contributed by atoms with Crippen LogP contribution in [0.5, 0.6) is 0 Å². The molecule has 0 spiro atoms. The minimum atomic E-state index is 0.566. The fraction of sp³-hybridized carbons (Fsp3) is 0.647. The van der Waals surface area contributed by atoms with Gasteiger partial charge in [0.05, 0.1) is 0 Å². The second-order valence-electron chi connectivity index (χ2n) is 6.58. The molecule has 0 aliphatic heterocycles. The van der Waals surface area contributed by atoms with E-state index in [0.717, 1.165) is 6.54 Å². The lowest BCUT2D eigenvalue weighted by atomic mass is 9.89. The molecule has 0 atom stereocenters. The summed E-state index contributed by atoms with van der Waals surface area (Å²) in [5.41, 5.74) is 5.22. The molecule has 1 saturated carbocycles. The van der Waals surface area contributed by atoms with Crippen molar-refractivity contribution in [1.82, 2.24) is 5.32 Å². The third-order valence-corrected chi connectivity index (χ3v) is 4.85. The van der Waals surface area contributed by atoms with Gasteiger partial charge < -0.3 is 5.32 Å². The predicted octanol–water partition coefficient (Wildman–Crippen LogP) is 3.85. The quantitative estimate of drug-likeness (QED) is 0.847. The van der Waals surface area contributed by atoms with Gasteiger partial charge in [-0.3, -0.25) is 0 Å². The molecule has 3 rings (SSSR count). The normalized spacial score (nSPS) is 21.2. The molecule has 1 aromatic rings. The van der Waals surface area contributed by atoms with Crippen molar-refractivity contribution >= 4 is 0 Å². The molecule has 0 aromatic heterocycles. The number of benzene rings is 1. The van der Waals surface area contributed by atoms with E-state index >= 15 is 0 Å². The molecule has 2 aliphatic carbocycles. The molecule has 1 heteroatoms. The molecule has 1 nitrogen and oxygen atoms in total. The Morgan fingerprint density at radius 1 is 1.06 bits per heavy atom. The van der Waals surface area contributed by atoms with Crippen LogP contribution in [0.15, 0.2) is 18.2 Å². The number of nitrogens with one attached hydrogen (secondary N) is 1. The molecular formula is C17H25N. The van der Waals surface area contributed by atoms with E-state index in [2.05, 4.69) is 30.4 Å². The summed E-state index contributed by atoms with van der Waals surface area (Å²) >= 11 is 0. The molecule has 0 saturated heterocycles. The Bertz CT molecular complexity index is 416. The Kier molecular flexibility index (Phi) is 3.43. The number of rotatable bonds is 4. The third-order valence-electron chi connectivity index (χ3n) is 4.85. The molecule has 0 heterocycles. The minimum Gasteiger partial charge on any atom is -0.312 e. The third kappa shape index (κ3) is 2.61. The van der Waals surface area contributed by atoms with Crippen LogP contribution in [0, 0.1) is 5.41 Å². The number of hydrogen-bond acceptors (Lipinski definition) is 1. The Labute approximate surface area is 111 Å². The molecule has 0 bridgehead atoms. The lowest BCUT2D eigenvalue weighted by molar-refractivity contribution is 0.314. The first-order valence-electron chi connectivity index (χ1n) is 7.57. The van der Waals surface area contributed by atoms with E-state index in [1.165, 1.54) is 57.1 Å². The van der Waals surface area contributed by atoms with Gasteiger partial charge in [-0.25, -0.2) is 0 Å². The van der Waals surface area contributed by atoms with Gasteiger partial charge in [-0.05, 0) is 54.2 Å². The highest BCUT2D eigenvalue weighted by Gasteiger charge is 2.27. The Hall–Kier alpha value is -0.820. The van der Waals surface area contributed by atoms with Gasteiger partial charge in [0.25, 0.3) is 0 Å². The summed E-state index contributed by atoms with van der Waals surface area (Å²) < 4.78 is 0. The monoisotopic (exact) mass is 243 g/mol. The van der Waals surface area contributed by atoms with Gasteiger partial charge in [-0.1, -0.05) is 38.0 Å². The van der Waals surface area contributed by atoms with Crippen molar-refractivity contribution in [1.29, 1.82) is 0 Å². The van der Waals surface area contributed by atoms with Crippen LogP contribution in [-0.4, -0.2) is 6.54 Å². The topological polar surface area (TPSA) is 12.0 Å². The van der Waals surface area contributed by atoms with Crippen LogP contribution in [0.3, 0.4) is 0 Å². The van der Waals surface area contributed by atoms with E-state index in [-0.39, 0.29) is 0 Å². The Morgan fingerprint density at radius 3 is 2.67 bits per heavy atom. The Morgan fingerprint density at radius 2 is 1.83 bits per heavy atom. The number of aryl methyl sites for hydroxylation is 2. The second-order valence-corrected chi connectivity index (χ2v) is 6.58. The van der Waals surface area contributed by atoms with Crippen molar-refractivity contribution in [2.45, 2.75) is 58.4 Å². The highest BCUT2D eigenvalue weighted by atomic mass is 14.9. The maximum atomic E-state index is 3.68. The summed E-state index contributed by atoms with van der Waals surface area (Å²) in [4.78, 5) is 0. The minimum absolute atomic E-state index is 0.566. The summed E-state index contributed by atoms with van der Waals surface area (Å²) in [6.07, 6.45) is 9.61. The standard InChI is InChI=1S/C17H25N/c1-17(9-2-3-10-17)13-18-12-14-7-8-15-5-4-6-16(15)11-14/h7-8,11,18H,2-6,9-10,12-13H2,1H3. The van der Waals surface area contributed by atoms with E-state index in [1.807, 2.05) is 0 Å². The summed E-state index contributed by atoms with van der Waals surface area (Å²) in [7, 11) is 0. The first-order chi connectivity index (χ1) is 8.75. The van der Waals surface area contributed by atoms with Crippen LogP contribution >= 0.6 is 0 Å². The lowest BCUT2D eigenvalue weighted by Crippen LogP contribution is -2.29. The van der Waals surface area contributed by atoms with Gasteiger partial charge >= 0.3 is 0 Å². The van der Waals surface area contributed by atoms with E-state index < -0.39 is 0 Å². The zero-order valence-corrected chi connectivity index (χ0v) is 11.6. The van der Waals surface area contributed by atoms with Crippen molar-refractivity contribution in [3.8, 4) is 0 Å². The van der Waals surface area contributed by atoms with Crippen molar-refractivity contribution in [2.75, 3.05) is 6.54 Å². The van der Waals surface area contributed by atoms with Gasteiger partial charge in [-0.2, -0.15) is 0 Å². The molecule has 1 N–H and O–H groups in total. The van der Waals surface area contributed by atoms with Crippen LogP contribution in [-0.2, 0) is 19.4 Å². The molecular weight excluding hydrogens is 218 g/mol. The first kappa shape index (κ1) is 12.2. The summed E-state index contributed by atoms with van der Waals surface area (Å²) in [5, 5.41) is 3.68. The fourth-order valence-electron chi connectivity index (χ4n) is 3.65. The average Bonchev–Trinajstić information content (AvgIpc) is 2.97. The van der Waals surface area contributed by atoms with E-state index in [4.69, 9.17) is 0 Å². The fourth-order valence-corrected chi connectivity index (χ4v) is 3.65. The summed E-state index contributed by atoms with van der Waals surface area (Å²) in [6.45, 7) is 4.67. The second kappa shape index (κ2) is 5.05. The molecule has 0 unspecified atom stereocenters. The molecule has 0 amide bonds. The van der Waals surface area contributed by atoms with Crippen molar-refractivity contribution in [2.24, 2.45) is 5.41 Å². The molecule has 18 heavy (non-hydrogen) atoms. The van der Waals surface area contributed by atoms with Crippen molar-refractivity contribution in [3.63, 3.8) is 0 Å². The van der Waals surface area contributed by atoms with Crippen LogP contribution in [0.2, 0.25) is 0 Å². The molecule has 98 valence electrons. The van der Waals surface area contributed by atoms with Gasteiger partial charge in [0.1, 0.15) is 0 Å². The molecule has 1 fully saturated rings. The zero-order chi connectivity index (χ0) is 12.4. The van der Waals surface area contributed by atoms with Crippen LogP contribution in [0.4, 0.5) is 0 Å². The summed E-state index contributed by atoms with van der Waals surface area (Å²) in [5.74, 6) is 0. The highest BCUT2D eigenvalue weighted by molar-refractivity contribution is 5.35. The highest BCUT2D eigenvalue weighted by Crippen LogP contribution is 2.36. The van der Waals surface area contributed by atoms with Crippen LogP contribution < -0.4 is 5.32 Å². The maximum absolute atomic E-state index is 3.68.